The van der Waals surface area contributed by atoms with Crippen LogP contribution in [-0.4, -0.2) is 43.6 Å². The largest absolute Gasteiger partial charge is 0.573 e. The van der Waals surface area contributed by atoms with E-state index in [9.17, 15) is 18.0 Å². The van der Waals surface area contributed by atoms with E-state index in [2.05, 4.69) is 20.0 Å². The van der Waals surface area contributed by atoms with E-state index in [4.69, 9.17) is 4.52 Å². The van der Waals surface area contributed by atoms with Crippen molar-refractivity contribution in [1.29, 1.82) is 0 Å². The van der Waals surface area contributed by atoms with Gasteiger partial charge in [0, 0.05) is 42.8 Å². The molecule has 5 rings (SSSR count). The van der Waals surface area contributed by atoms with E-state index in [1.807, 2.05) is 7.05 Å². The van der Waals surface area contributed by atoms with Crippen molar-refractivity contribution in [2.24, 2.45) is 7.05 Å². The molecule has 3 heterocycles. The highest BCUT2D eigenvalue weighted by Gasteiger charge is 2.33. The third kappa shape index (κ3) is 3.87. The van der Waals surface area contributed by atoms with Gasteiger partial charge in [0.05, 0.1) is 6.54 Å². The van der Waals surface area contributed by atoms with E-state index in [0.29, 0.717) is 42.8 Å². The lowest BCUT2D eigenvalue weighted by molar-refractivity contribution is -0.274. The van der Waals surface area contributed by atoms with Crippen LogP contribution in [0.3, 0.4) is 0 Å². The summed E-state index contributed by atoms with van der Waals surface area (Å²) < 4.78 is 48.1. The van der Waals surface area contributed by atoms with Crippen molar-refractivity contribution < 1.29 is 27.2 Å². The topological polar surface area (TPSA) is 86.3 Å². The first kappa shape index (κ1) is 19.6. The van der Waals surface area contributed by atoms with Crippen LogP contribution in [-0.2, 0) is 20.0 Å². The summed E-state index contributed by atoms with van der Waals surface area (Å²) in [7, 11) is 1.83. The summed E-state index contributed by atoms with van der Waals surface area (Å²) in [6, 6.07) is 4.90. The molecule has 1 amide bonds. The summed E-state index contributed by atoms with van der Waals surface area (Å²) in [5.74, 6) is 0.700. The minimum atomic E-state index is -4.78. The van der Waals surface area contributed by atoms with E-state index in [1.54, 1.807) is 9.58 Å². The molecule has 1 fully saturated rings. The summed E-state index contributed by atoms with van der Waals surface area (Å²) in [4.78, 5) is 19.0. The van der Waals surface area contributed by atoms with Crippen LogP contribution in [0.4, 0.5) is 13.2 Å². The van der Waals surface area contributed by atoms with Crippen LogP contribution in [0.1, 0.15) is 46.2 Å². The van der Waals surface area contributed by atoms with Gasteiger partial charge in [-0.25, -0.2) is 0 Å². The average Bonchev–Trinajstić information content (AvgIpc) is 3.37. The molecule has 0 spiro atoms. The van der Waals surface area contributed by atoms with E-state index >= 15 is 0 Å². The number of alkyl halides is 3. The Balaban J connectivity index is 1.36. The molecule has 1 saturated carbocycles. The predicted molar refractivity (Wildman–Crippen MR) is 100 cm³/mol. The van der Waals surface area contributed by atoms with Gasteiger partial charge >= 0.3 is 6.36 Å². The van der Waals surface area contributed by atoms with Gasteiger partial charge < -0.3 is 14.2 Å². The third-order valence-corrected chi connectivity index (χ3v) is 5.45. The molecule has 2 aromatic heterocycles. The van der Waals surface area contributed by atoms with Crippen LogP contribution in [0.15, 0.2) is 28.8 Å². The van der Waals surface area contributed by atoms with E-state index in [1.165, 1.54) is 12.1 Å². The lowest BCUT2D eigenvalue weighted by Crippen LogP contribution is -2.36. The molecule has 162 valence electrons. The van der Waals surface area contributed by atoms with Crippen molar-refractivity contribution in [3.05, 3.63) is 46.9 Å². The number of nitrogens with zero attached hydrogens (tertiary/aromatic N) is 5. The summed E-state index contributed by atoms with van der Waals surface area (Å²) >= 11 is 0. The number of hydrogen-bond acceptors (Lipinski definition) is 6. The molecule has 11 heteroatoms. The Labute approximate surface area is 174 Å². The van der Waals surface area contributed by atoms with Gasteiger partial charge in [-0.2, -0.15) is 10.1 Å². The number of halogens is 3. The lowest BCUT2D eigenvalue weighted by Gasteiger charge is -2.27. The van der Waals surface area contributed by atoms with Crippen molar-refractivity contribution in [3.63, 3.8) is 0 Å². The van der Waals surface area contributed by atoms with Gasteiger partial charge in [-0.1, -0.05) is 5.16 Å². The first-order valence-electron chi connectivity index (χ1n) is 9.82. The Morgan fingerprint density at radius 1 is 1.23 bits per heavy atom. The number of hydrogen-bond donors (Lipinski definition) is 0. The fourth-order valence-corrected chi connectivity index (χ4v) is 3.76. The van der Waals surface area contributed by atoms with Crippen molar-refractivity contribution in [2.45, 2.75) is 38.1 Å². The number of aromatic nitrogens is 4. The Morgan fingerprint density at radius 3 is 2.65 bits per heavy atom. The van der Waals surface area contributed by atoms with Crippen LogP contribution in [0.2, 0.25) is 0 Å². The lowest BCUT2D eigenvalue weighted by atomic mass is 10.0. The highest BCUT2D eigenvalue weighted by Crippen LogP contribution is 2.39. The number of fused-ring (bicyclic) bond motifs is 1. The van der Waals surface area contributed by atoms with Gasteiger partial charge in [-0.3, -0.25) is 9.48 Å². The van der Waals surface area contributed by atoms with Gasteiger partial charge in [0.2, 0.25) is 0 Å². The number of rotatable bonds is 4. The quantitative estimate of drug-likeness (QED) is 0.627. The van der Waals surface area contributed by atoms with E-state index in [-0.39, 0.29) is 17.2 Å². The van der Waals surface area contributed by atoms with Gasteiger partial charge in [0.1, 0.15) is 5.75 Å². The van der Waals surface area contributed by atoms with Crippen molar-refractivity contribution >= 4 is 5.91 Å². The maximum Gasteiger partial charge on any atom is 0.573 e. The summed E-state index contributed by atoms with van der Waals surface area (Å²) in [6.45, 7) is 0.752. The standard InChI is InChI=1S/C20H18F3N5O3/c1-27-15-8-9-28(19(29)12-4-6-13(7-5-12)30-20(21,22)23)10-14(15)16(25-27)18-24-17(26-31-18)11-2-3-11/h4-7,11H,2-3,8-10H2,1H3. The van der Waals surface area contributed by atoms with Crippen molar-refractivity contribution in [2.75, 3.05) is 6.54 Å². The molecular formula is C20H18F3N5O3. The minimum absolute atomic E-state index is 0.275. The van der Waals surface area contributed by atoms with Crippen LogP contribution < -0.4 is 4.74 Å². The Morgan fingerprint density at radius 2 is 1.97 bits per heavy atom. The number of ether oxygens (including phenoxy) is 1. The maximum atomic E-state index is 12.9. The zero-order chi connectivity index (χ0) is 21.8. The summed E-state index contributed by atoms with van der Waals surface area (Å²) in [6.07, 6.45) is -2.09. The summed E-state index contributed by atoms with van der Waals surface area (Å²) in [5, 5.41) is 8.57. The predicted octanol–water partition coefficient (Wildman–Crippen LogP) is 3.44. The summed E-state index contributed by atoms with van der Waals surface area (Å²) in [5.41, 5.74) is 2.66. The third-order valence-electron chi connectivity index (χ3n) is 5.45. The molecule has 0 unspecified atom stereocenters. The molecular weight excluding hydrogens is 415 g/mol. The van der Waals surface area contributed by atoms with Crippen molar-refractivity contribution in [3.8, 4) is 17.3 Å². The molecule has 1 aliphatic carbocycles. The molecule has 0 bridgehead atoms. The molecule has 0 radical (unpaired) electrons. The molecule has 0 saturated heterocycles. The first-order chi connectivity index (χ1) is 14.8. The second kappa shape index (κ2) is 7.10. The first-order valence-corrected chi connectivity index (χ1v) is 9.82. The van der Waals surface area contributed by atoms with Gasteiger partial charge in [-0.05, 0) is 37.1 Å². The molecule has 1 aromatic carbocycles. The van der Waals surface area contributed by atoms with Crippen LogP contribution >= 0.6 is 0 Å². The molecule has 0 atom stereocenters. The molecule has 0 N–H and O–H groups in total. The number of carbonyl (C=O) groups is 1. The maximum absolute atomic E-state index is 12.9. The van der Waals surface area contributed by atoms with Gasteiger partial charge in [-0.15, -0.1) is 13.2 Å². The normalized spacial score (nSPS) is 16.3. The van der Waals surface area contributed by atoms with Crippen LogP contribution in [0.5, 0.6) is 5.75 Å². The Hall–Kier alpha value is -3.37. The molecule has 8 nitrogen and oxygen atoms in total. The number of benzene rings is 1. The van der Waals surface area contributed by atoms with Crippen LogP contribution in [0, 0.1) is 0 Å². The highest BCUT2D eigenvalue weighted by atomic mass is 19.4. The number of aryl methyl sites for hydroxylation is 1. The monoisotopic (exact) mass is 433 g/mol. The SMILES string of the molecule is Cn1nc(-c2nc(C3CC3)no2)c2c1CCN(C(=O)c1ccc(OC(F)(F)F)cc1)C2. The molecule has 1 aliphatic heterocycles. The minimum Gasteiger partial charge on any atom is -0.406 e. The Bertz CT molecular complexity index is 1130. The fraction of sp³-hybridized carbons (Fsp3) is 0.400. The zero-order valence-corrected chi connectivity index (χ0v) is 16.5. The van der Waals surface area contributed by atoms with Crippen LogP contribution in [0.25, 0.3) is 11.6 Å². The smallest absolute Gasteiger partial charge is 0.406 e. The molecule has 31 heavy (non-hydrogen) atoms. The van der Waals surface area contributed by atoms with Gasteiger partial charge in [0.25, 0.3) is 11.8 Å². The Kier molecular flexibility index (Phi) is 4.49. The van der Waals surface area contributed by atoms with Crippen molar-refractivity contribution in [1.82, 2.24) is 24.8 Å². The molecule has 3 aromatic rings. The highest BCUT2D eigenvalue weighted by molar-refractivity contribution is 5.94. The second-order valence-electron chi connectivity index (χ2n) is 7.68. The molecule has 2 aliphatic rings. The fourth-order valence-electron chi connectivity index (χ4n) is 3.76. The van der Waals surface area contributed by atoms with E-state index < -0.39 is 6.36 Å². The second-order valence-corrected chi connectivity index (χ2v) is 7.68. The van der Waals surface area contributed by atoms with E-state index in [0.717, 1.165) is 36.2 Å². The zero-order valence-electron chi connectivity index (χ0n) is 16.5. The number of amides is 1. The average molecular weight is 433 g/mol. The van der Waals surface area contributed by atoms with Gasteiger partial charge in [0.15, 0.2) is 11.5 Å². The number of carbonyl (C=O) groups excluding carboxylic acids is 1.